The van der Waals surface area contributed by atoms with Crippen LogP contribution in [0.1, 0.15) is 46.7 Å². The smallest absolute Gasteiger partial charge is 0.230 e. The molecule has 0 aliphatic heterocycles. The van der Waals surface area contributed by atoms with Crippen LogP contribution in [0.25, 0.3) is 0 Å². The molecule has 0 amide bonds. The van der Waals surface area contributed by atoms with Crippen molar-refractivity contribution < 1.29 is 13.3 Å². The zero-order valence-electron chi connectivity index (χ0n) is 13.0. The minimum atomic E-state index is -0.569. The first kappa shape index (κ1) is 14.9. The van der Waals surface area contributed by atoms with Gasteiger partial charge in [-0.1, -0.05) is 11.2 Å². The van der Waals surface area contributed by atoms with Crippen molar-refractivity contribution in [2.24, 2.45) is 0 Å². The summed E-state index contributed by atoms with van der Waals surface area (Å²) in [5, 5.41) is 4.01. The number of hydrogen-bond acceptors (Lipinski definition) is 4. The number of halogens is 2. The van der Waals surface area contributed by atoms with Crippen LogP contribution in [-0.2, 0) is 6.42 Å². The van der Waals surface area contributed by atoms with Crippen LogP contribution in [0.15, 0.2) is 41.2 Å². The summed E-state index contributed by atoms with van der Waals surface area (Å²) >= 11 is 0. The molecule has 1 fully saturated rings. The van der Waals surface area contributed by atoms with E-state index in [0.29, 0.717) is 23.7 Å². The third kappa shape index (κ3) is 2.79. The standard InChI is InChI=1S/C18H15F2N3O/c1-10-4-5-21-9-11(10)6-17-22-18(24-23-17)15-8-14(15)13-3-2-12(19)7-16(13)20/h2-5,7,9,14-15H,6,8H2,1H3/t14-,15+/m0/s1. The van der Waals surface area contributed by atoms with Crippen LogP contribution in [0.3, 0.4) is 0 Å². The average molecular weight is 327 g/mol. The molecule has 0 N–H and O–H groups in total. The van der Waals surface area contributed by atoms with Crippen LogP contribution >= 0.6 is 0 Å². The van der Waals surface area contributed by atoms with Crippen molar-refractivity contribution in [1.82, 2.24) is 15.1 Å². The fourth-order valence-corrected chi connectivity index (χ4v) is 2.96. The van der Waals surface area contributed by atoms with E-state index in [1.807, 2.05) is 13.0 Å². The third-order valence-corrected chi connectivity index (χ3v) is 4.45. The number of aryl methyl sites for hydroxylation is 1. The molecule has 0 bridgehead atoms. The maximum absolute atomic E-state index is 13.9. The SMILES string of the molecule is Cc1ccncc1Cc1noc([C@@H]2C[C@H]2c2ccc(F)cc2F)n1. The van der Waals surface area contributed by atoms with Crippen molar-refractivity contribution in [3.63, 3.8) is 0 Å². The van der Waals surface area contributed by atoms with Crippen molar-refractivity contribution in [2.75, 3.05) is 0 Å². The summed E-state index contributed by atoms with van der Waals surface area (Å²) in [7, 11) is 0. The molecule has 0 saturated heterocycles. The van der Waals surface area contributed by atoms with E-state index in [0.717, 1.165) is 23.6 Å². The van der Waals surface area contributed by atoms with Crippen molar-refractivity contribution >= 4 is 0 Å². The van der Waals surface area contributed by atoms with Gasteiger partial charge in [0.2, 0.25) is 5.89 Å². The number of rotatable bonds is 4. The van der Waals surface area contributed by atoms with Gasteiger partial charge in [0, 0.05) is 30.8 Å². The molecule has 24 heavy (non-hydrogen) atoms. The molecule has 2 aromatic heterocycles. The van der Waals surface area contributed by atoms with Gasteiger partial charge in [0.15, 0.2) is 5.82 Å². The van der Waals surface area contributed by atoms with Gasteiger partial charge < -0.3 is 4.52 Å². The molecule has 3 aromatic rings. The number of pyridine rings is 1. The fourth-order valence-electron chi connectivity index (χ4n) is 2.96. The van der Waals surface area contributed by atoms with E-state index in [1.165, 1.54) is 12.1 Å². The molecule has 0 spiro atoms. The van der Waals surface area contributed by atoms with Crippen molar-refractivity contribution in [1.29, 1.82) is 0 Å². The van der Waals surface area contributed by atoms with Gasteiger partial charge >= 0.3 is 0 Å². The van der Waals surface area contributed by atoms with Crippen LogP contribution < -0.4 is 0 Å². The lowest BCUT2D eigenvalue weighted by atomic mass is 10.1. The Balaban J connectivity index is 1.49. The van der Waals surface area contributed by atoms with Crippen molar-refractivity contribution in [3.8, 4) is 0 Å². The van der Waals surface area contributed by atoms with Crippen molar-refractivity contribution in [3.05, 3.63) is 76.7 Å². The van der Waals surface area contributed by atoms with Gasteiger partial charge in [-0.15, -0.1) is 0 Å². The summed E-state index contributed by atoms with van der Waals surface area (Å²) in [5.41, 5.74) is 2.67. The van der Waals surface area contributed by atoms with E-state index in [4.69, 9.17) is 4.52 Å². The highest BCUT2D eigenvalue weighted by atomic mass is 19.1. The van der Waals surface area contributed by atoms with Gasteiger partial charge in [0.1, 0.15) is 11.6 Å². The predicted octanol–water partition coefficient (Wildman–Crippen LogP) is 3.91. The van der Waals surface area contributed by atoms with E-state index < -0.39 is 11.6 Å². The second-order valence-corrected chi connectivity index (χ2v) is 6.14. The van der Waals surface area contributed by atoms with E-state index in [9.17, 15) is 8.78 Å². The van der Waals surface area contributed by atoms with E-state index in [2.05, 4.69) is 15.1 Å². The average Bonchev–Trinajstić information content (AvgIpc) is 3.20. The summed E-state index contributed by atoms with van der Waals surface area (Å²) in [4.78, 5) is 8.54. The van der Waals surface area contributed by atoms with Crippen LogP contribution in [0.2, 0.25) is 0 Å². The normalized spacial score (nSPS) is 19.5. The molecule has 4 nitrogen and oxygen atoms in total. The third-order valence-electron chi connectivity index (χ3n) is 4.45. The van der Waals surface area contributed by atoms with Gasteiger partial charge in [-0.25, -0.2) is 8.78 Å². The molecule has 6 heteroatoms. The quantitative estimate of drug-likeness (QED) is 0.729. The van der Waals surface area contributed by atoms with E-state index in [-0.39, 0.29) is 11.8 Å². The second-order valence-electron chi connectivity index (χ2n) is 6.14. The lowest BCUT2D eigenvalue weighted by molar-refractivity contribution is 0.373. The molecule has 2 heterocycles. The number of benzene rings is 1. The number of aromatic nitrogens is 3. The summed E-state index contributed by atoms with van der Waals surface area (Å²) in [6.45, 7) is 2.01. The minimum Gasteiger partial charge on any atom is -0.339 e. The Bertz CT molecular complexity index is 893. The molecular formula is C18H15F2N3O. The second kappa shape index (κ2) is 5.78. The van der Waals surface area contributed by atoms with Crippen LogP contribution in [0, 0.1) is 18.6 Å². The predicted molar refractivity (Wildman–Crippen MR) is 82.5 cm³/mol. The van der Waals surface area contributed by atoms with Gasteiger partial charge in [-0.05, 0) is 48.1 Å². The largest absolute Gasteiger partial charge is 0.339 e. The molecular weight excluding hydrogens is 312 g/mol. The lowest BCUT2D eigenvalue weighted by Gasteiger charge is -2.01. The van der Waals surface area contributed by atoms with Gasteiger partial charge in [0.05, 0.1) is 0 Å². The first-order chi connectivity index (χ1) is 11.6. The van der Waals surface area contributed by atoms with Crippen molar-refractivity contribution in [2.45, 2.75) is 31.6 Å². The summed E-state index contributed by atoms with van der Waals surface area (Å²) in [6, 6.07) is 5.61. The molecule has 0 unspecified atom stereocenters. The molecule has 2 atom stereocenters. The van der Waals surface area contributed by atoms with E-state index >= 15 is 0 Å². The zero-order valence-corrected chi connectivity index (χ0v) is 13.0. The first-order valence-corrected chi connectivity index (χ1v) is 7.78. The Kier molecular flexibility index (Phi) is 3.59. The minimum absolute atomic E-state index is 0.00112. The Hall–Kier alpha value is -2.63. The van der Waals surface area contributed by atoms with Gasteiger partial charge in [-0.3, -0.25) is 4.98 Å². The molecule has 122 valence electrons. The van der Waals surface area contributed by atoms with Crippen LogP contribution in [0.4, 0.5) is 8.78 Å². The zero-order chi connectivity index (χ0) is 16.7. The summed E-state index contributed by atoms with van der Waals surface area (Å²) in [5.74, 6) is -0.0135. The highest BCUT2D eigenvalue weighted by molar-refractivity contribution is 5.32. The Labute approximate surface area is 137 Å². The summed E-state index contributed by atoms with van der Waals surface area (Å²) < 4.78 is 32.2. The first-order valence-electron chi connectivity index (χ1n) is 7.78. The fraction of sp³-hybridized carbons (Fsp3) is 0.278. The highest BCUT2D eigenvalue weighted by Gasteiger charge is 2.45. The number of nitrogens with zero attached hydrogens (tertiary/aromatic N) is 3. The lowest BCUT2D eigenvalue weighted by Crippen LogP contribution is -1.95. The van der Waals surface area contributed by atoms with Gasteiger partial charge in [0.25, 0.3) is 0 Å². The maximum atomic E-state index is 13.9. The topological polar surface area (TPSA) is 51.8 Å². The highest BCUT2D eigenvalue weighted by Crippen LogP contribution is 2.54. The van der Waals surface area contributed by atoms with Crippen LogP contribution in [-0.4, -0.2) is 15.1 Å². The molecule has 4 rings (SSSR count). The van der Waals surface area contributed by atoms with E-state index in [1.54, 1.807) is 12.4 Å². The summed E-state index contributed by atoms with van der Waals surface area (Å²) in [6.07, 6.45) is 4.81. The Morgan fingerprint density at radius 2 is 2.08 bits per heavy atom. The Morgan fingerprint density at radius 1 is 1.21 bits per heavy atom. The van der Waals surface area contributed by atoms with Gasteiger partial charge in [-0.2, -0.15) is 4.98 Å². The monoisotopic (exact) mass is 327 g/mol. The molecule has 1 aliphatic rings. The van der Waals surface area contributed by atoms with Crippen LogP contribution in [0.5, 0.6) is 0 Å². The Morgan fingerprint density at radius 3 is 2.88 bits per heavy atom. The molecule has 1 aliphatic carbocycles. The molecule has 0 radical (unpaired) electrons. The number of hydrogen-bond donors (Lipinski definition) is 0. The maximum Gasteiger partial charge on any atom is 0.230 e. The molecule has 1 saturated carbocycles. The molecule has 1 aromatic carbocycles.